The van der Waals surface area contributed by atoms with Gasteiger partial charge in [-0.3, -0.25) is 4.79 Å². The molecule has 0 aliphatic heterocycles. The Kier molecular flexibility index (Phi) is 3.67. The smallest absolute Gasteiger partial charge is 0.261 e. The summed E-state index contributed by atoms with van der Waals surface area (Å²) in [6.45, 7) is 4.41. The summed E-state index contributed by atoms with van der Waals surface area (Å²) >= 11 is 0. The van der Waals surface area contributed by atoms with Crippen LogP contribution in [0.5, 0.6) is 0 Å². The van der Waals surface area contributed by atoms with Crippen molar-refractivity contribution in [2.24, 2.45) is 0 Å². The zero-order valence-corrected chi connectivity index (χ0v) is 14.1. The van der Waals surface area contributed by atoms with Gasteiger partial charge in [-0.1, -0.05) is 11.6 Å². The highest BCUT2D eigenvalue weighted by molar-refractivity contribution is 5.81. The van der Waals surface area contributed by atoms with Gasteiger partial charge in [-0.15, -0.1) is 5.10 Å². The third-order valence-corrected chi connectivity index (χ3v) is 4.76. The molecule has 3 heterocycles. The van der Waals surface area contributed by atoms with E-state index in [4.69, 9.17) is 0 Å². The van der Waals surface area contributed by atoms with Gasteiger partial charge in [-0.2, -0.15) is 9.50 Å². The fraction of sp³-hybridized carbons (Fsp3) is 0.444. The molecule has 6 heteroatoms. The van der Waals surface area contributed by atoms with Crippen LogP contribution in [0.1, 0.15) is 43.6 Å². The van der Waals surface area contributed by atoms with Crippen molar-refractivity contribution in [2.45, 2.75) is 52.5 Å². The summed E-state index contributed by atoms with van der Waals surface area (Å²) in [6, 6.07) is 1.95. The van der Waals surface area contributed by atoms with Crippen molar-refractivity contribution in [3.63, 3.8) is 0 Å². The van der Waals surface area contributed by atoms with Crippen LogP contribution in [0.15, 0.2) is 28.7 Å². The molecule has 1 aliphatic rings. The van der Waals surface area contributed by atoms with Gasteiger partial charge >= 0.3 is 0 Å². The van der Waals surface area contributed by atoms with E-state index in [-0.39, 0.29) is 5.56 Å². The molecule has 1 aliphatic carbocycles. The summed E-state index contributed by atoms with van der Waals surface area (Å²) in [5.74, 6) is 1.20. The number of pyridine rings is 1. The lowest BCUT2D eigenvalue weighted by Crippen LogP contribution is -2.22. The van der Waals surface area contributed by atoms with Crippen molar-refractivity contribution in [1.82, 2.24) is 24.1 Å². The lowest BCUT2D eigenvalue weighted by molar-refractivity contribution is 0.616. The van der Waals surface area contributed by atoms with Crippen molar-refractivity contribution in [2.75, 3.05) is 0 Å². The van der Waals surface area contributed by atoms with Crippen molar-refractivity contribution in [3.05, 3.63) is 45.8 Å². The summed E-state index contributed by atoms with van der Waals surface area (Å²) in [7, 11) is 0. The Bertz CT molecular complexity index is 1010. The molecule has 0 amide bonds. The minimum atomic E-state index is 0.00367. The SMILES string of the molecule is Cc1nc2nc(C)c3c(=O)n(CCC4=CCCCC4)ccc3n2n1. The van der Waals surface area contributed by atoms with Crippen molar-refractivity contribution in [1.29, 1.82) is 0 Å². The second-order valence-corrected chi connectivity index (χ2v) is 6.50. The zero-order chi connectivity index (χ0) is 16.7. The van der Waals surface area contributed by atoms with Crippen molar-refractivity contribution in [3.8, 4) is 0 Å². The fourth-order valence-electron chi connectivity index (χ4n) is 3.50. The van der Waals surface area contributed by atoms with Crippen molar-refractivity contribution >= 4 is 16.7 Å². The van der Waals surface area contributed by atoms with Gasteiger partial charge < -0.3 is 4.57 Å². The molecule has 6 nitrogen and oxygen atoms in total. The number of rotatable bonds is 3. The average molecular weight is 323 g/mol. The van der Waals surface area contributed by atoms with Crippen LogP contribution in [0.25, 0.3) is 16.7 Å². The van der Waals surface area contributed by atoms with Gasteiger partial charge in [0.25, 0.3) is 11.3 Å². The molecule has 24 heavy (non-hydrogen) atoms. The highest BCUT2D eigenvalue weighted by atomic mass is 16.1. The monoisotopic (exact) mass is 323 g/mol. The molecule has 0 unspecified atom stereocenters. The third kappa shape index (κ3) is 2.52. The van der Waals surface area contributed by atoms with Crippen LogP contribution in [0.4, 0.5) is 0 Å². The highest BCUT2D eigenvalue weighted by Crippen LogP contribution is 2.21. The predicted molar refractivity (Wildman–Crippen MR) is 93.2 cm³/mol. The summed E-state index contributed by atoms with van der Waals surface area (Å²) in [4.78, 5) is 21.7. The first-order valence-electron chi connectivity index (χ1n) is 8.54. The first kappa shape index (κ1) is 15.1. The quantitative estimate of drug-likeness (QED) is 0.695. The molecule has 3 aromatic rings. The number of hydrogen-bond donors (Lipinski definition) is 0. The van der Waals surface area contributed by atoms with Gasteiger partial charge in [0.2, 0.25) is 0 Å². The van der Waals surface area contributed by atoms with Crippen LogP contribution < -0.4 is 5.56 Å². The Morgan fingerprint density at radius 2 is 2.08 bits per heavy atom. The molecule has 0 fully saturated rings. The largest absolute Gasteiger partial charge is 0.315 e. The number of allylic oxidation sites excluding steroid dienone is 2. The molecule has 0 aromatic carbocycles. The van der Waals surface area contributed by atoms with E-state index < -0.39 is 0 Å². The van der Waals surface area contributed by atoms with E-state index in [0.717, 1.165) is 11.9 Å². The summed E-state index contributed by atoms with van der Waals surface area (Å²) in [5, 5.41) is 4.99. The molecular weight excluding hydrogens is 302 g/mol. The second kappa shape index (κ2) is 5.85. The molecule has 0 bridgehead atoms. The normalized spacial score (nSPS) is 15.2. The van der Waals surface area contributed by atoms with Crippen molar-refractivity contribution < 1.29 is 0 Å². The lowest BCUT2D eigenvalue weighted by atomic mass is 9.97. The molecular formula is C18H21N5O. The standard InChI is InChI=1S/C18H21N5O/c1-12-16-15(23-18(19-12)20-13(2)21-23)9-11-22(17(16)24)10-8-14-6-4-3-5-7-14/h6,9,11H,3-5,7-8,10H2,1-2H3. The fourth-order valence-corrected chi connectivity index (χ4v) is 3.50. The summed E-state index contributed by atoms with van der Waals surface area (Å²) < 4.78 is 3.45. The Hall–Kier alpha value is -2.50. The summed E-state index contributed by atoms with van der Waals surface area (Å²) in [6.07, 6.45) is 10.1. The maximum Gasteiger partial charge on any atom is 0.261 e. The van der Waals surface area contributed by atoms with Crippen LogP contribution in [-0.2, 0) is 6.54 Å². The molecule has 0 radical (unpaired) electrons. The maximum atomic E-state index is 12.9. The van der Waals surface area contributed by atoms with E-state index in [1.807, 2.05) is 26.1 Å². The zero-order valence-electron chi connectivity index (χ0n) is 14.1. The Morgan fingerprint density at radius 1 is 1.21 bits per heavy atom. The van der Waals surface area contributed by atoms with Gasteiger partial charge in [-0.05, 0) is 52.0 Å². The van der Waals surface area contributed by atoms with Crippen LogP contribution in [-0.4, -0.2) is 24.1 Å². The Labute approximate surface area is 139 Å². The molecule has 0 atom stereocenters. The van der Waals surface area contributed by atoms with E-state index in [1.54, 1.807) is 9.08 Å². The average Bonchev–Trinajstić information content (AvgIpc) is 2.95. The number of hydrogen-bond acceptors (Lipinski definition) is 4. The number of nitrogens with zero attached hydrogens (tertiary/aromatic N) is 5. The van der Waals surface area contributed by atoms with E-state index in [0.29, 0.717) is 29.2 Å². The topological polar surface area (TPSA) is 65.1 Å². The molecule has 0 saturated heterocycles. The van der Waals surface area contributed by atoms with Gasteiger partial charge in [-0.25, -0.2) is 4.98 Å². The molecule has 0 spiro atoms. The lowest BCUT2D eigenvalue weighted by Gasteiger charge is -2.14. The Morgan fingerprint density at radius 3 is 2.88 bits per heavy atom. The second-order valence-electron chi connectivity index (χ2n) is 6.50. The van der Waals surface area contributed by atoms with Gasteiger partial charge in [0.1, 0.15) is 5.82 Å². The molecule has 3 aromatic heterocycles. The van der Waals surface area contributed by atoms with Crippen LogP contribution in [0, 0.1) is 13.8 Å². The van der Waals surface area contributed by atoms with Crippen LogP contribution in [0.2, 0.25) is 0 Å². The van der Waals surface area contributed by atoms with E-state index in [9.17, 15) is 4.79 Å². The van der Waals surface area contributed by atoms with E-state index in [2.05, 4.69) is 21.1 Å². The highest BCUT2D eigenvalue weighted by Gasteiger charge is 2.13. The van der Waals surface area contributed by atoms with Crippen LogP contribution >= 0.6 is 0 Å². The number of fused-ring (bicyclic) bond motifs is 3. The minimum Gasteiger partial charge on any atom is -0.315 e. The minimum absolute atomic E-state index is 0.00367. The van der Waals surface area contributed by atoms with Gasteiger partial charge in [0, 0.05) is 12.7 Å². The van der Waals surface area contributed by atoms with Crippen LogP contribution in [0.3, 0.4) is 0 Å². The Balaban J connectivity index is 1.77. The molecule has 4 rings (SSSR count). The van der Waals surface area contributed by atoms with Gasteiger partial charge in [0.05, 0.1) is 16.6 Å². The molecule has 0 N–H and O–H groups in total. The molecule has 0 saturated carbocycles. The number of aromatic nitrogens is 5. The van der Waals surface area contributed by atoms with E-state index in [1.165, 1.54) is 31.3 Å². The first-order chi connectivity index (χ1) is 11.6. The maximum absolute atomic E-state index is 12.9. The third-order valence-electron chi connectivity index (χ3n) is 4.76. The molecule has 124 valence electrons. The number of aryl methyl sites for hydroxylation is 3. The van der Waals surface area contributed by atoms with Gasteiger partial charge in [0.15, 0.2) is 0 Å². The first-order valence-corrected chi connectivity index (χ1v) is 8.54. The predicted octanol–water partition coefficient (Wildman–Crippen LogP) is 2.95. The summed E-state index contributed by atoms with van der Waals surface area (Å²) in [5.41, 5.74) is 2.96. The van der Waals surface area contributed by atoms with E-state index >= 15 is 0 Å².